The Morgan fingerprint density at radius 3 is 2.61 bits per heavy atom. The smallest absolute Gasteiger partial charge is 0.261 e. The van der Waals surface area contributed by atoms with Crippen LogP contribution in [-0.2, 0) is 11.3 Å². The molecule has 0 saturated carbocycles. The lowest BCUT2D eigenvalue weighted by Crippen LogP contribution is -2.22. The lowest BCUT2D eigenvalue weighted by Gasteiger charge is -2.11. The van der Waals surface area contributed by atoms with Gasteiger partial charge in [-0.25, -0.2) is 4.98 Å². The summed E-state index contributed by atoms with van der Waals surface area (Å²) in [5.41, 5.74) is 1.07. The van der Waals surface area contributed by atoms with Crippen molar-refractivity contribution in [2.45, 2.75) is 19.4 Å². The third-order valence-electron chi connectivity index (χ3n) is 4.28. The van der Waals surface area contributed by atoms with Crippen LogP contribution in [0.15, 0.2) is 52.0 Å². The number of hydrogen-bond acceptors (Lipinski definition) is 5. The van der Waals surface area contributed by atoms with E-state index in [-0.39, 0.29) is 17.9 Å². The molecule has 0 aliphatic carbocycles. The minimum atomic E-state index is -0.183. The largest absolute Gasteiger partial charge is 0.493 e. The highest BCUT2D eigenvalue weighted by Gasteiger charge is 2.11. The Bertz CT molecular complexity index is 1060. The molecule has 8 heteroatoms. The molecule has 0 aliphatic heterocycles. The lowest BCUT2D eigenvalue weighted by molar-refractivity contribution is -0.116. The third kappa shape index (κ3) is 4.33. The van der Waals surface area contributed by atoms with Gasteiger partial charge in [-0.15, -0.1) is 0 Å². The van der Waals surface area contributed by atoms with Crippen molar-refractivity contribution in [3.8, 4) is 11.5 Å². The maximum atomic E-state index is 12.7. The summed E-state index contributed by atoms with van der Waals surface area (Å²) in [5, 5.41) is 3.29. The van der Waals surface area contributed by atoms with Gasteiger partial charge in [-0.1, -0.05) is 12.1 Å². The van der Waals surface area contributed by atoms with E-state index in [1.807, 2.05) is 24.3 Å². The highest BCUT2D eigenvalue weighted by molar-refractivity contribution is 9.10. The molecule has 0 fully saturated rings. The minimum absolute atomic E-state index is 0.111. The number of nitrogens with one attached hydrogen (secondary N) is 1. The van der Waals surface area contributed by atoms with Crippen LogP contribution in [0.2, 0.25) is 0 Å². The number of aryl methyl sites for hydroxylation is 1. The van der Waals surface area contributed by atoms with E-state index in [4.69, 9.17) is 9.47 Å². The van der Waals surface area contributed by atoms with E-state index in [9.17, 15) is 9.59 Å². The van der Waals surface area contributed by atoms with Gasteiger partial charge in [-0.05, 0) is 40.5 Å². The van der Waals surface area contributed by atoms with Gasteiger partial charge in [0.05, 0.1) is 37.1 Å². The number of amides is 1. The first kappa shape index (κ1) is 19.9. The molecule has 1 heterocycles. The SMILES string of the molecule is COc1cc2ncn(CCCC(=O)Nc3ccccc3Br)c(=O)c2cc1OC. The van der Waals surface area contributed by atoms with Crippen molar-refractivity contribution in [2.75, 3.05) is 19.5 Å². The molecule has 1 N–H and O–H groups in total. The average Bonchev–Trinajstić information content (AvgIpc) is 2.70. The Morgan fingerprint density at radius 2 is 1.89 bits per heavy atom. The standard InChI is InChI=1S/C20H20BrN3O4/c1-27-17-10-13-16(11-18(17)28-2)22-12-24(20(13)26)9-5-8-19(25)23-15-7-4-3-6-14(15)21/h3-4,6-7,10-12H,5,8-9H2,1-2H3,(H,23,25). The molecule has 0 atom stereocenters. The number of hydrogen-bond donors (Lipinski definition) is 1. The third-order valence-corrected chi connectivity index (χ3v) is 4.97. The van der Waals surface area contributed by atoms with Gasteiger partial charge in [0.1, 0.15) is 0 Å². The van der Waals surface area contributed by atoms with Gasteiger partial charge < -0.3 is 14.8 Å². The van der Waals surface area contributed by atoms with E-state index in [1.54, 1.807) is 12.1 Å². The van der Waals surface area contributed by atoms with Gasteiger partial charge in [-0.3, -0.25) is 14.2 Å². The molecular formula is C20H20BrN3O4. The number of benzene rings is 2. The van der Waals surface area contributed by atoms with Crippen molar-refractivity contribution < 1.29 is 14.3 Å². The van der Waals surface area contributed by atoms with Gasteiger partial charge in [0.2, 0.25) is 5.91 Å². The summed E-state index contributed by atoms with van der Waals surface area (Å²) in [6, 6.07) is 10.7. The maximum Gasteiger partial charge on any atom is 0.261 e. The van der Waals surface area contributed by atoms with Crippen molar-refractivity contribution in [2.24, 2.45) is 0 Å². The molecule has 2 aromatic carbocycles. The minimum Gasteiger partial charge on any atom is -0.493 e. The second-order valence-electron chi connectivity index (χ2n) is 6.10. The quantitative estimate of drug-likeness (QED) is 0.600. The van der Waals surface area contributed by atoms with Crippen LogP contribution in [0.4, 0.5) is 5.69 Å². The summed E-state index contributed by atoms with van der Waals surface area (Å²) in [6.07, 6.45) is 2.29. The Labute approximate surface area is 170 Å². The fourth-order valence-electron chi connectivity index (χ4n) is 2.83. The number of carbonyl (C=O) groups excluding carboxylic acids is 1. The number of halogens is 1. The molecule has 3 aromatic rings. The normalized spacial score (nSPS) is 10.7. The van der Waals surface area contributed by atoms with Crippen LogP contribution >= 0.6 is 15.9 Å². The van der Waals surface area contributed by atoms with Crippen LogP contribution in [0.5, 0.6) is 11.5 Å². The number of fused-ring (bicyclic) bond motifs is 1. The summed E-state index contributed by atoms with van der Waals surface area (Å²) in [6.45, 7) is 0.388. The maximum absolute atomic E-state index is 12.7. The van der Waals surface area contributed by atoms with Gasteiger partial charge in [-0.2, -0.15) is 0 Å². The number of ether oxygens (including phenoxy) is 2. The summed E-state index contributed by atoms with van der Waals surface area (Å²) < 4.78 is 12.8. The van der Waals surface area contributed by atoms with E-state index < -0.39 is 0 Å². The first-order valence-electron chi connectivity index (χ1n) is 8.69. The number of aromatic nitrogens is 2. The molecule has 0 radical (unpaired) electrons. The molecule has 146 valence electrons. The molecule has 1 amide bonds. The number of rotatable bonds is 7. The fraction of sp³-hybridized carbons (Fsp3) is 0.250. The Balaban J connectivity index is 1.69. The molecule has 0 saturated heterocycles. The second kappa shape index (κ2) is 8.88. The number of para-hydroxylation sites is 1. The summed E-state index contributed by atoms with van der Waals surface area (Å²) in [5.74, 6) is 0.878. The molecular weight excluding hydrogens is 426 g/mol. The van der Waals surface area contributed by atoms with E-state index >= 15 is 0 Å². The molecule has 28 heavy (non-hydrogen) atoms. The Morgan fingerprint density at radius 1 is 1.18 bits per heavy atom. The first-order chi connectivity index (χ1) is 13.5. The number of methoxy groups -OCH3 is 2. The van der Waals surface area contributed by atoms with E-state index in [1.165, 1.54) is 25.1 Å². The molecule has 0 unspecified atom stereocenters. The van der Waals surface area contributed by atoms with Crippen molar-refractivity contribution >= 4 is 38.4 Å². The second-order valence-corrected chi connectivity index (χ2v) is 6.95. The van der Waals surface area contributed by atoms with E-state index in [0.717, 1.165) is 10.2 Å². The lowest BCUT2D eigenvalue weighted by atomic mass is 10.2. The van der Waals surface area contributed by atoms with E-state index in [0.29, 0.717) is 35.4 Å². The predicted octanol–water partition coefficient (Wildman–Crippen LogP) is 3.60. The molecule has 0 spiro atoms. The monoisotopic (exact) mass is 445 g/mol. The summed E-state index contributed by atoms with van der Waals surface area (Å²) in [7, 11) is 3.05. The van der Waals surface area contributed by atoms with Gasteiger partial charge >= 0.3 is 0 Å². The topological polar surface area (TPSA) is 82.5 Å². The van der Waals surface area contributed by atoms with Crippen LogP contribution in [0.25, 0.3) is 10.9 Å². The molecule has 7 nitrogen and oxygen atoms in total. The zero-order valence-corrected chi connectivity index (χ0v) is 17.2. The van der Waals surface area contributed by atoms with Crippen molar-refractivity contribution in [1.82, 2.24) is 9.55 Å². The zero-order valence-electron chi connectivity index (χ0n) is 15.6. The zero-order chi connectivity index (χ0) is 20.1. The van der Waals surface area contributed by atoms with Gasteiger partial charge in [0.15, 0.2) is 11.5 Å². The number of nitrogens with zero attached hydrogens (tertiary/aromatic N) is 2. The van der Waals surface area contributed by atoms with Crippen LogP contribution in [0.1, 0.15) is 12.8 Å². The molecule has 0 bridgehead atoms. The molecule has 1 aromatic heterocycles. The Kier molecular flexibility index (Phi) is 6.30. The number of anilines is 1. The van der Waals surface area contributed by atoms with Crippen molar-refractivity contribution in [1.29, 1.82) is 0 Å². The molecule has 3 rings (SSSR count). The van der Waals surface area contributed by atoms with Crippen LogP contribution in [0, 0.1) is 0 Å². The highest BCUT2D eigenvalue weighted by Crippen LogP contribution is 2.29. The van der Waals surface area contributed by atoms with Crippen LogP contribution in [0.3, 0.4) is 0 Å². The summed E-state index contributed by atoms with van der Waals surface area (Å²) in [4.78, 5) is 29.2. The van der Waals surface area contributed by atoms with Crippen molar-refractivity contribution in [3.05, 3.63) is 57.6 Å². The average molecular weight is 446 g/mol. The van der Waals surface area contributed by atoms with Crippen molar-refractivity contribution in [3.63, 3.8) is 0 Å². The number of carbonyl (C=O) groups is 1. The van der Waals surface area contributed by atoms with E-state index in [2.05, 4.69) is 26.2 Å². The Hall–Kier alpha value is -2.87. The summed E-state index contributed by atoms with van der Waals surface area (Å²) >= 11 is 3.40. The van der Waals surface area contributed by atoms with Gasteiger partial charge in [0, 0.05) is 23.5 Å². The first-order valence-corrected chi connectivity index (χ1v) is 9.48. The predicted molar refractivity (Wildman–Crippen MR) is 111 cm³/mol. The fourth-order valence-corrected chi connectivity index (χ4v) is 3.21. The van der Waals surface area contributed by atoms with Gasteiger partial charge in [0.25, 0.3) is 5.56 Å². The van der Waals surface area contributed by atoms with Crippen LogP contribution < -0.4 is 20.3 Å². The highest BCUT2D eigenvalue weighted by atomic mass is 79.9. The molecule has 0 aliphatic rings. The van der Waals surface area contributed by atoms with Crippen LogP contribution in [-0.4, -0.2) is 29.7 Å².